The molecule has 0 aliphatic carbocycles. The van der Waals surface area contributed by atoms with E-state index >= 15 is 0 Å². The first-order valence-corrected chi connectivity index (χ1v) is 8.54. The topological polar surface area (TPSA) is 43.8 Å². The van der Waals surface area contributed by atoms with E-state index in [-0.39, 0.29) is 18.6 Å². The summed E-state index contributed by atoms with van der Waals surface area (Å²) in [6.45, 7) is 2.31. The lowest BCUT2D eigenvalue weighted by Gasteiger charge is -2.37. The highest BCUT2D eigenvalue weighted by atomic mass is 127. The number of rotatable bonds is 4. The van der Waals surface area contributed by atoms with Crippen LogP contribution in [0.3, 0.4) is 0 Å². The molecule has 1 N–H and O–H groups in total. The zero-order valence-electron chi connectivity index (χ0n) is 12.1. The van der Waals surface area contributed by atoms with Crippen LogP contribution in [-0.4, -0.2) is 60.1 Å². The van der Waals surface area contributed by atoms with Crippen LogP contribution >= 0.6 is 34.2 Å². The van der Waals surface area contributed by atoms with E-state index < -0.39 is 0 Å². The summed E-state index contributed by atoms with van der Waals surface area (Å²) in [4.78, 5) is 16.8. The first kappa shape index (κ1) is 17.0. The molecule has 4 nitrogen and oxygen atoms in total. The quantitative estimate of drug-likeness (QED) is 0.758. The SMILES string of the molecule is CN1CCC(N(CCO)C(=O)c2ccc(I)c(Cl)c2)CC1. The molecule has 1 saturated heterocycles. The normalized spacial score (nSPS) is 17.0. The van der Waals surface area contributed by atoms with Crippen LogP contribution in [0.5, 0.6) is 0 Å². The minimum atomic E-state index is -0.0445. The van der Waals surface area contributed by atoms with E-state index in [0.29, 0.717) is 17.1 Å². The zero-order chi connectivity index (χ0) is 15.4. The second kappa shape index (κ2) is 7.76. The molecule has 0 bridgehead atoms. The van der Waals surface area contributed by atoms with Gasteiger partial charge in [-0.15, -0.1) is 0 Å². The second-order valence-corrected chi connectivity index (χ2v) is 6.95. The molecule has 1 heterocycles. The monoisotopic (exact) mass is 422 g/mol. The Morgan fingerprint density at radius 1 is 1.48 bits per heavy atom. The Morgan fingerprint density at radius 2 is 2.14 bits per heavy atom. The average Bonchev–Trinajstić information content (AvgIpc) is 2.48. The number of nitrogens with zero attached hydrogens (tertiary/aromatic N) is 2. The maximum Gasteiger partial charge on any atom is 0.254 e. The summed E-state index contributed by atoms with van der Waals surface area (Å²) >= 11 is 8.25. The summed E-state index contributed by atoms with van der Waals surface area (Å²) in [6.07, 6.45) is 1.89. The first-order chi connectivity index (χ1) is 10.0. The summed E-state index contributed by atoms with van der Waals surface area (Å²) in [6, 6.07) is 5.56. The molecule has 21 heavy (non-hydrogen) atoms. The van der Waals surface area contributed by atoms with Crippen molar-refractivity contribution < 1.29 is 9.90 Å². The number of aliphatic hydroxyl groups excluding tert-OH is 1. The fraction of sp³-hybridized carbons (Fsp3) is 0.533. The number of amides is 1. The van der Waals surface area contributed by atoms with Crippen molar-refractivity contribution in [1.82, 2.24) is 9.80 Å². The van der Waals surface area contributed by atoms with E-state index in [1.807, 2.05) is 6.07 Å². The molecule has 6 heteroatoms. The van der Waals surface area contributed by atoms with Crippen LogP contribution in [0, 0.1) is 3.57 Å². The highest BCUT2D eigenvalue weighted by Gasteiger charge is 2.27. The molecule has 116 valence electrons. The maximum atomic E-state index is 12.7. The van der Waals surface area contributed by atoms with Crippen LogP contribution in [0.1, 0.15) is 23.2 Å². The highest BCUT2D eigenvalue weighted by molar-refractivity contribution is 14.1. The third kappa shape index (κ3) is 4.31. The number of likely N-dealkylation sites (tertiary alicyclic amines) is 1. The Labute approximate surface area is 144 Å². The predicted molar refractivity (Wildman–Crippen MR) is 92.8 cm³/mol. The third-order valence-corrected chi connectivity index (χ3v) is 5.47. The number of piperidine rings is 1. The van der Waals surface area contributed by atoms with Crippen molar-refractivity contribution in [1.29, 1.82) is 0 Å². The fourth-order valence-electron chi connectivity index (χ4n) is 2.66. The average molecular weight is 423 g/mol. The highest BCUT2D eigenvalue weighted by Crippen LogP contribution is 2.23. The van der Waals surface area contributed by atoms with Gasteiger partial charge in [0, 0.05) is 21.7 Å². The maximum absolute atomic E-state index is 12.7. The molecule has 1 aliphatic rings. The number of carbonyl (C=O) groups excluding carboxylic acids is 1. The lowest BCUT2D eigenvalue weighted by atomic mass is 10.0. The molecule has 1 amide bonds. The van der Waals surface area contributed by atoms with Gasteiger partial charge in [0.2, 0.25) is 0 Å². The van der Waals surface area contributed by atoms with E-state index in [1.54, 1.807) is 17.0 Å². The van der Waals surface area contributed by atoms with Crippen molar-refractivity contribution in [3.8, 4) is 0 Å². The van der Waals surface area contributed by atoms with Crippen molar-refractivity contribution in [3.63, 3.8) is 0 Å². The molecule has 0 atom stereocenters. The Morgan fingerprint density at radius 3 is 2.71 bits per heavy atom. The minimum Gasteiger partial charge on any atom is -0.395 e. The second-order valence-electron chi connectivity index (χ2n) is 5.39. The zero-order valence-corrected chi connectivity index (χ0v) is 15.0. The number of halogens is 2. The lowest BCUT2D eigenvalue weighted by molar-refractivity contribution is 0.0540. The van der Waals surface area contributed by atoms with Gasteiger partial charge in [0.05, 0.1) is 11.6 Å². The van der Waals surface area contributed by atoms with Crippen molar-refractivity contribution in [3.05, 3.63) is 32.4 Å². The van der Waals surface area contributed by atoms with Gasteiger partial charge in [-0.1, -0.05) is 11.6 Å². The van der Waals surface area contributed by atoms with Crippen LogP contribution in [0.2, 0.25) is 5.02 Å². The van der Waals surface area contributed by atoms with Gasteiger partial charge in [0.1, 0.15) is 0 Å². The molecule has 2 rings (SSSR count). The number of benzene rings is 1. The Kier molecular flexibility index (Phi) is 6.28. The number of carbonyl (C=O) groups is 1. The van der Waals surface area contributed by atoms with Gasteiger partial charge in [-0.3, -0.25) is 4.79 Å². The summed E-state index contributed by atoms with van der Waals surface area (Å²) in [5, 5.41) is 9.87. The fourth-order valence-corrected chi connectivity index (χ4v) is 3.18. The summed E-state index contributed by atoms with van der Waals surface area (Å²) in [5.41, 5.74) is 0.591. The van der Waals surface area contributed by atoms with Crippen molar-refractivity contribution in [2.45, 2.75) is 18.9 Å². The van der Waals surface area contributed by atoms with E-state index in [1.165, 1.54) is 0 Å². The van der Waals surface area contributed by atoms with E-state index in [0.717, 1.165) is 29.5 Å². The molecule has 0 saturated carbocycles. The molecule has 0 radical (unpaired) electrons. The Bertz CT molecular complexity index is 504. The first-order valence-electron chi connectivity index (χ1n) is 7.08. The van der Waals surface area contributed by atoms with Crippen LogP contribution in [0.4, 0.5) is 0 Å². The number of aliphatic hydroxyl groups is 1. The van der Waals surface area contributed by atoms with Gasteiger partial charge in [-0.25, -0.2) is 0 Å². The number of hydrogen-bond donors (Lipinski definition) is 1. The van der Waals surface area contributed by atoms with E-state index in [9.17, 15) is 9.90 Å². The molecule has 0 spiro atoms. The smallest absolute Gasteiger partial charge is 0.254 e. The molecule has 0 aromatic heterocycles. The molecule has 1 fully saturated rings. The Balaban J connectivity index is 2.16. The lowest BCUT2D eigenvalue weighted by Crippen LogP contribution is -2.47. The molecule has 1 aliphatic heterocycles. The summed E-state index contributed by atoms with van der Waals surface area (Å²) < 4.78 is 0.929. The van der Waals surface area contributed by atoms with Gasteiger partial charge in [0.25, 0.3) is 5.91 Å². The van der Waals surface area contributed by atoms with Gasteiger partial charge in [-0.05, 0) is 73.8 Å². The van der Waals surface area contributed by atoms with Gasteiger partial charge in [-0.2, -0.15) is 0 Å². The molecular formula is C15H20ClIN2O2. The van der Waals surface area contributed by atoms with Crippen molar-refractivity contribution >= 4 is 40.1 Å². The largest absolute Gasteiger partial charge is 0.395 e. The van der Waals surface area contributed by atoms with Crippen LogP contribution in [-0.2, 0) is 0 Å². The molecular weight excluding hydrogens is 403 g/mol. The predicted octanol–water partition coefficient (Wildman–Crippen LogP) is 2.47. The van der Waals surface area contributed by atoms with Crippen LogP contribution in [0.15, 0.2) is 18.2 Å². The minimum absolute atomic E-state index is 0.0177. The molecule has 1 aromatic rings. The Hall–Kier alpha value is -0.370. The van der Waals surface area contributed by atoms with Crippen LogP contribution < -0.4 is 0 Å². The van der Waals surface area contributed by atoms with Gasteiger partial charge in [0.15, 0.2) is 0 Å². The summed E-state index contributed by atoms with van der Waals surface area (Å²) in [5.74, 6) is -0.0445. The van der Waals surface area contributed by atoms with Crippen molar-refractivity contribution in [2.24, 2.45) is 0 Å². The molecule has 0 unspecified atom stereocenters. The van der Waals surface area contributed by atoms with Gasteiger partial charge < -0.3 is 14.9 Å². The number of hydrogen-bond acceptors (Lipinski definition) is 3. The standard InChI is InChI=1S/C15H20ClIN2O2/c1-18-6-4-12(5-7-18)19(8-9-20)15(21)11-2-3-14(17)13(16)10-11/h2-3,10,12,20H,4-9H2,1H3. The van der Waals surface area contributed by atoms with Crippen molar-refractivity contribution in [2.75, 3.05) is 33.3 Å². The molecule has 1 aromatic carbocycles. The van der Waals surface area contributed by atoms with Crippen LogP contribution in [0.25, 0.3) is 0 Å². The summed E-state index contributed by atoms with van der Waals surface area (Å²) in [7, 11) is 2.09. The van der Waals surface area contributed by atoms with Gasteiger partial charge >= 0.3 is 0 Å². The van der Waals surface area contributed by atoms with E-state index in [4.69, 9.17) is 11.6 Å². The third-order valence-electron chi connectivity index (χ3n) is 3.90. The van der Waals surface area contributed by atoms with E-state index in [2.05, 4.69) is 34.5 Å².